The second-order valence-corrected chi connectivity index (χ2v) is 5.18. The maximum Gasteiger partial charge on any atom is 0.316 e. The molecule has 18 heavy (non-hydrogen) atoms. The summed E-state index contributed by atoms with van der Waals surface area (Å²) in [6, 6.07) is 0. The molecule has 0 bridgehead atoms. The lowest BCUT2D eigenvalue weighted by Gasteiger charge is -2.25. The summed E-state index contributed by atoms with van der Waals surface area (Å²) in [5.74, 6) is -0.950. The van der Waals surface area contributed by atoms with Crippen LogP contribution in [0.15, 0.2) is 23.7 Å². The van der Waals surface area contributed by atoms with E-state index >= 15 is 0 Å². The highest BCUT2D eigenvalue weighted by atomic mass is 79.9. The van der Waals surface area contributed by atoms with Crippen LogP contribution in [-0.2, 0) is 14.3 Å². The van der Waals surface area contributed by atoms with Gasteiger partial charge in [0.15, 0.2) is 5.78 Å². The number of rotatable bonds is 6. The van der Waals surface area contributed by atoms with Crippen LogP contribution in [-0.4, -0.2) is 18.9 Å². The third-order valence-electron chi connectivity index (χ3n) is 3.66. The first-order valence-electron chi connectivity index (χ1n) is 6.09. The molecule has 2 atom stereocenters. The predicted molar refractivity (Wildman–Crippen MR) is 74.3 cm³/mol. The average molecular weight is 315 g/mol. The Labute approximate surface area is 116 Å². The quantitative estimate of drug-likeness (QED) is 0.429. The summed E-state index contributed by atoms with van der Waals surface area (Å²) in [6.07, 6.45) is 7.29. The molecule has 0 aliphatic heterocycles. The van der Waals surface area contributed by atoms with E-state index in [4.69, 9.17) is 4.74 Å². The van der Waals surface area contributed by atoms with Gasteiger partial charge in [-0.25, -0.2) is 0 Å². The zero-order chi connectivity index (χ0) is 13.6. The largest absolute Gasteiger partial charge is 0.468 e. The van der Waals surface area contributed by atoms with E-state index in [0.717, 1.165) is 19.3 Å². The highest BCUT2D eigenvalue weighted by molar-refractivity contribution is 9.11. The van der Waals surface area contributed by atoms with Crippen LogP contribution in [0.2, 0.25) is 0 Å². The summed E-state index contributed by atoms with van der Waals surface area (Å²) in [4.78, 5) is 25.8. The summed E-state index contributed by atoms with van der Waals surface area (Å²) in [5, 5.41) is 0. The van der Waals surface area contributed by atoms with Gasteiger partial charge < -0.3 is 4.74 Å². The molecule has 1 saturated carbocycles. The molecule has 0 saturated heterocycles. The Hall–Kier alpha value is -0.900. The molecule has 100 valence electrons. The van der Waals surface area contributed by atoms with Gasteiger partial charge >= 0.3 is 5.97 Å². The molecule has 0 spiro atoms. The summed E-state index contributed by atoms with van der Waals surface area (Å²) < 4.78 is 4.70. The SMILES string of the molecule is C=CCCC1(C/C=C/Br)CCC(C(=O)OC)C1=O. The van der Waals surface area contributed by atoms with E-state index in [-0.39, 0.29) is 5.78 Å². The van der Waals surface area contributed by atoms with E-state index in [1.807, 2.05) is 12.2 Å². The lowest BCUT2D eigenvalue weighted by molar-refractivity contribution is -0.149. The van der Waals surface area contributed by atoms with E-state index in [2.05, 4.69) is 22.5 Å². The maximum absolute atomic E-state index is 12.5. The van der Waals surface area contributed by atoms with E-state index in [9.17, 15) is 9.59 Å². The summed E-state index contributed by atoms with van der Waals surface area (Å²) in [5.41, 5.74) is -0.419. The zero-order valence-corrected chi connectivity index (χ0v) is 12.2. The van der Waals surface area contributed by atoms with Crippen molar-refractivity contribution in [2.45, 2.75) is 32.1 Å². The number of halogens is 1. The van der Waals surface area contributed by atoms with Gasteiger partial charge in [-0.1, -0.05) is 28.1 Å². The number of methoxy groups -OCH3 is 1. The van der Waals surface area contributed by atoms with Gasteiger partial charge in [-0.15, -0.1) is 6.58 Å². The summed E-state index contributed by atoms with van der Waals surface area (Å²) in [7, 11) is 1.33. The first kappa shape index (κ1) is 15.2. The lowest BCUT2D eigenvalue weighted by Crippen LogP contribution is -2.31. The molecule has 4 heteroatoms. The normalized spacial score (nSPS) is 27.7. The van der Waals surface area contributed by atoms with Crippen molar-refractivity contribution in [3.8, 4) is 0 Å². The molecule has 0 amide bonds. The van der Waals surface area contributed by atoms with Crippen LogP contribution in [0.25, 0.3) is 0 Å². The molecular weight excluding hydrogens is 296 g/mol. The van der Waals surface area contributed by atoms with Crippen molar-refractivity contribution >= 4 is 27.7 Å². The van der Waals surface area contributed by atoms with E-state index in [1.165, 1.54) is 7.11 Å². The molecule has 0 N–H and O–H groups in total. The Kier molecular flexibility index (Phi) is 5.79. The number of esters is 1. The topological polar surface area (TPSA) is 43.4 Å². The molecule has 0 aromatic rings. The Morgan fingerprint density at radius 2 is 2.39 bits per heavy atom. The second kappa shape index (κ2) is 6.88. The first-order chi connectivity index (χ1) is 8.61. The van der Waals surface area contributed by atoms with Gasteiger partial charge in [0.1, 0.15) is 5.92 Å². The third kappa shape index (κ3) is 3.10. The van der Waals surface area contributed by atoms with Crippen molar-refractivity contribution in [3.05, 3.63) is 23.7 Å². The van der Waals surface area contributed by atoms with Crippen LogP contribution in [0.1, 0.15) is 32.1 Å². The number of ketones is 1. The van der Waals surface area contributed by atoms with Gasteiger partial charge in [0.2, 0.25) is 0 Å². The van der Waals surface area contributed by atoms with Crippen molar-refractivity contribution in [2.24, 2.45) is 11.3 Å². The lowest BCUT2D eigenvalue weighted by atomic mass is 9.77. The van der Waals surface area contributed by atoms with Crippen molar-refractivity contribution in [1.29, 1.82) is 0 Å². The number of hydrogen-bond donors (Lipinski definition) is 0. The number of hydrogen-bond acceptors (Lipinski definition) is 3. The van der Waals surface area contributed by atoms with E-state index < -0.39 is 17.3 Å². The fourth-order valence-electron chi connectivity index (χ4n) is 2.61. The molecule has 1 aliphatic carbocycles. The van der Waals surface area contributed by atoms with Crippen LogP contribution in [0.5, 0.6) is 0 Å². The highest BCUT2D eigenvalue weighted by Crippen LogP contribution is 2.45. The number of allylic oxidation sites excluding steroid dienone is 2. The van der Waals surface area contributed by atoms with Crippen molar-refractivity contribution in [3.63, 3.8) is 0 Å². The standard InChI is InChI=1S/C14H19BrO3/c1-3-4-7-14(8-5-10-15)9-6-11(12(14)16)13(17)18-2/h3,5,10-11H,1,4,6-9H2,2H3/b10-5+. The van der Waals surface area contributed by atoms with E-state index in [0.29, 0.717) is 12.8 Å². The number of Topliss-reactive ketones (excluding diaryl/α,β-unsaturated/α-hetero) is 1. The first-order valence-corrected chi connectivity index (χ1v) is 7.01. The Bertz CT molecular complexity index is 362. The minimum atomic E-state index is -0.580. The Balaban J connectivity index is 2.88. The van der Waals surface area contributed by atoms with Crippen LogP contribution in [0.3, 0.4) is 0 Å². The van der Waals surface area contributed by atoms with E-state index in [1.54, 1.807) is 4.99 Å². The van der Waals surface area contributed by atoms with Gasteiger partial charge in [0.05, 0.1) is 7.11 Å². The van der Waals surface area contributed by atoms with Crippen molar-refractivity contribution < 1.29 is 14.3 Å². The molecule has 1 aliphatic rings. The van der Waals surface area contributed by atoms with Crippen molar-refractivity contribution in [2.75, 3.05) is 7.11 Å². The minimum absolute atomic E-state index is 0.0294. The number of ether oxygens (including phenoxy) is 1. The number of carbonyl (C=O) groups is 2. The van der Waals surface area contributed by atoms with Crippen molar-refractivity contribution in [1.82, 2.24) is 0 Å². The molecule has 2 unspecified atom stereocenters. The molecule has 0 heterocycles. The zero-order valence-electron chi connectivity index (χ0n) is 10.7. The van der Waals surface area contributed by atoms with Gasteiger partial charge in [0, 0.05) is 5.41 Å². The van der Waals surface area contributed by atoms with Gasteiger partial charge in [-0.2, -0.15) is 0 Å². The second-order valence-electron chi connectivity index (χ2n) is 4.65. The Morgan fingerprint density at radius 3 is 2.94 bits per heavy atom. The predicted octanol–water partition coefficient (Wildman–Crippen LogP) is 3.39. The van der Waals surface area contributed by atoms with Gasteiger partial charge in [-0.3, -0.25) is 9.59 Å². The fraction of sp³-hybridized carbons (Fsp3) is 0.571. The summed E-state index contributed by atoms with van der Waals surface area (Å²) >= 11 is 3.22. The molecule has 1 fully saturated rings. The molecule has 1 rings (SSSR count). The summed E-state index contributed by atoms with van der Waals surface area (Å²) in [6.45, 7) is 3.70. The third-order valence-corrected chi connectivity index (χ3v) is 4.03. The molecular formula is C14H19BrO3. The Morgan fingerprint density at radius 1 is 1.67 bits per heavy atom. The molecule has 0 aromatic heterocycles. The molecule has 0 aromatic carbocycles. The van der Waals surface area contributed by atoms with Crippen LogP contribution in [0, 0.1) is 11.3 Å². The minimum Gasteiger partial charge on any atom is -0.468 e. The van der Waals surface area contributed by atoms with Crippen LogP contribution < -0.4 is 0 Å². The van der Waals surface area contributed by atoms with Crippen LogP contribution in [0.4, 0.5) is 0 Å². The maximum atomic E-state index is 12.5. The van der Waals surface area contributed by atoms with Crippen LogP contribution >= 0.6 is 15.9 Å². The molecule has 0 radical (unpaired) electrons. The highest BCUT2D eigenvalue weighted by Gasteiger charge is 2.49. The fourth-order valence-corrected chi connectivity index (χ4v) is 2.80. The van der Waals surface area contributed by atoms with Gasteiger partial charge in [-0.05, 0) is 37.1 Å². The smallest absolute Gasteiger partial charge is 0.316 e. The number of carbonyl (C=O) groups excluding carboxylic acids is 2. The monoisotopic (exact) mass is 314 g/mol. The average Bonchev–Trinajstić information content (AvgIpc) is 2.71. The molecule has 3 nitrogen and oxygen atoms in total. The van der Waals surface area contributed by atoms with Gasteiger partial charge in [0.25, 0.3) is 0 Å².